The third-order valence-corrected chi connectivity index (χ3v) is 3.61. The molecule has 7 heteroatoms. The van der Waals surface area contributed by atoms with E-state index in [4.69, 9.17) is 10.1 Å². The normalized spacial score (nSPS) is 11.3. The summed E-state index contributed by atoms with van der Waals surface area (Å²) in [5, 5.41) is 21.0. The van der Waals surface area contributed by atoms with Crippen LogP contribution >= 0.6 is 0 Å². The van der Waals surface area contributed by atoms with Gasteiger partial charge >= 0.3 is 6.01 Å². The number of nitrogens with one attached hydrogen (secondary N) is 2. The second-order valence-corrected chi connectivity index (χ2v) is 5.32. The summed E-state index contributed by atoms with van der Waals surface area (Å²) >= 11 is 0. The Morgan fingerprint density at radius 2 is 2.12 bits per heavy atom. The van der Waals surface area contributed by atoms with Crippen LogP contribution in [-0.4, -0.2) is 26.3 Å². The lowest BCUT2D eigenvalue weighted by Crippen LogP contribution is -2.10. The number of hydrogen-bond donors (Lipinski definition) is 3. The summed E-state index contributed by atoms with van der Waals surface area (Å²) in [5.41, 5.74) is 2.78. The maximum absolute atomic E-state index is 9.94. The molecule has 0 aliphatic heterocycles. The van der Waals surface area contributed by atoms with Crippen molar-refractivity contribution in [1.82, 2.24) is 20.3 Å². The summed E-state index contributed by atoms with van der Waals surface area (Å²) in [4.78, 5) is 12.0. The Hall–Kier alpha value is -3.48. The van der Waals surface area contributed by atoms with Crippen molar-refractivity contribution >= 4 is 17.1 Å². The van der Waals surface area contributed by atoms with Gasteiger partial charge in [-0.1, -0.05) is 24.3 Å². The number of ether oxygens (including phenoxy) is 1. The summed E-state index contributed by atoms with van der Waals surface area (Å²) in [5.74, 6) is 0.0239. The number of aromatic nitrogens is 3. The second-order valence-electron chi connectivity index (χ2n) is 5.32. The van der Waals surface area contributed by atoms with Crippen molar-refractivity contribution in [1.29, 1.82) is 5.41 Å². The molecule has 0 atom stereocenters. The van der Waals surface area contributed by atoms with Crippen LogP contribution in [0.15, 0.2) is 54.7 Å². The van der Waals surface area contributed by atoms with E-state index in [1.165, 1.54) is 11.8 Å². The molecule has 3 rings (SSSR count). The van der Waals surface area contributed by atoms with Crippen LogP contribution in [0.1, 0.15) is 11.1 Å². The molecule has 126 valence electrons. The average Bonchev–Trinajstić information content (AvgIpc) is 2.62. The molecule has 0 aliphatic rings. The van der Waals surface area contributed by atoms with Crippen LogP contribution in [-0.2, 0) is 6.54 Å². The Kier molecular flexibility index (Phi) is 4.84. The van der Waals surface area contributed by atoms with Gasteiger partial charge in [-0.25, -0.2) is 0 Å². The van der Waals surface area contributed by atoms with Crippen LogP contribution in [0.4, 0.5) is 0 Å². The van der Waals surface area contributed by atoms with Crippen LogP contribution in [0.25, 0.3) is 10.9 Å². The van der Waals surface area contributed by atoms with Crippen molar-refractivity contribution in [2.24, 2.45) is 0 Å². The zero-order chi connectivity index (χ0) is 17.6. The van der Waals surface area contributed by atoms with Crippen molar-refractivity contribution in [3.8, 4) is 11.9 Å². The topological polar surface area (TPSA) is 104 Å². The molecule has 0 unspecified atom stereocenters. The molecule has 0 bridgehead atoms. The van der Waals surface area contributed by atoms with Gasteiger partial charge in [-0.3, -0.25) is 4.98 Å². The van der Waals surface area contributed by atoms with E-state index in [-0.39, 0.29) is 17.6 Å². The Morgan fingerprint density at radius 3 is 2.92 bits per heavy atom. The maximum Gasteiger partial charge on any atom is 0.326 e. The van der Waals surface area contributed by atoms with Crippen molar-refractivity contribution in [3.05, 3.63) is 65.8 Å². The highest BCUT2D eigenvalue weighted by molar-refractivity contribution is 5.82. The van der Waals surface area contributed by atoms with Gasteiger partial charge in [0.15, 0.2) is 5.76 Å². The zero-order valence-corrected chi connectivity index (χ0v) is 13.6. The van der Waals surface area contributed by atoms with E-state index in [1.54, 1.807) is 18.5 Å². The maximum atomic E-state index is 9.94. The molecule has 2 heterocycles. The van der Waals surface area contributed by atoms with E-state index in [1.807, 2.05) is 31.2 Å². The van der Waals surface area contributed by atoms with E-state index in [9.17, 15) is 5.11 Å². The molecule has 0 radical (unpaired) electrons. The van der Waals surface area contributed by atoms with E-state index in [0.717, 1.165) is 11.8 Å². The fourth-order valence-corrected chi connectivity index (χ4v) is 2.26. The molecule has 3 N–H and O–H groups in total. The molecule has 2 aromatic heterocycles. The number of rotatable bonds is 6. The lowest BCUT2D eigenvalue weighted by atomic mass is 10.1. The summed E-state index contributed by atoms with van der Waals surface area (Å²) in [7, 11) is 0. The quantitative estimate of drug-likeness (QED) is 0.473. The first-order chi connectivity index (χ1) is 12.2. The van der Waals surface area contributed by atoms with Crippen LogP contribution in [0.5, 0.6) is 11.9 Å². The molecular weight excluding hydrogens is 318 g/mol. The van der Waals surface area contributed by atoms with Gasteiger partial charge in [0.25, 0.3) is 0 Å². The molecule has 0 amide bonds. The number of allylic oxidation sites excluding steroid dienone is 1. The first-order valence-electron chi connectivity index (χ1n) is 7.64. The van der Waals surface area contributed by atoms with Gasteiger partial charge in [-0.2, -0.15) is 9.97 Å². The zero-order valence-electron chi connectivity index (χ0n) is 13.6. The number of benzene rings is 1. The average molecular weight is 335 g/mol. The molecule has 0 fully saturated rings. The molecule has 25 heavy (non-hydrogen) atoms. The molecule has 3 aromatic rings. The lowest BCUT2D eigenvalue weighted by Gasteiger charge is -2.08. The predicted octanol–water partition coefficient (Wildman–Crippen LogP) is 2.70. The molecule has 7 nitrogen and oxygen atoms in total. The summed E-state index contributed by atoms with van der Waals surface area (Å²) < 4.78 is 5.47. The van der Waals surface area contributed by atoms with E-state index >= 15 is 0 Å². The Labute approximate surface area is 144 Å². The first-order valence-corrected chi connectivity index (χ1v) is 7.64. The molecule has 0 saturated heterocycles. The molecule has 0 saturated carbocycles. The van der Waals surface area contributed by atoms with Gasteiger partial charge in [-0.15, -0.1) is 0 Å². The van der Waals surface area contributed by atoms with E-state index in [2.05, 4.69) is 20.3 Å². The summed E-state index contributed by atoms with van der Waals surface area (Å²) in [6.07, 6.45) is 5.66. The van der Waals surface area contributed by atoms with Crippen molar-refractivity contribution in [3.63, 3.8) is 0 Å². The van der Waals surface area contributed by atoms with Gasteiger partial charge in [0.2, 0.25) is 5.88 Å². The minimum Gasteiger partial charge on any atom is -0.493 e. The predicted molar refractivity (Wildman–Crippen MR) is 94.5 cm³/mol. The van der Waals surface area contributed by atoms with Gasteiger partial charge in [0.05, 0.1) is 23.3 Å². The second kappa shape index (κ2) is 7.39. The van der Waals surface area contributed by atoms with E-state index < -0.39 is 0 Å². The Morgan fingerprint density at radius 1 is 1.28 bits per heavy atom. The van der Waals surface area contributed by atoms with Crippen LogP contribution in [0, 0.1) is 12.3 Å². The summed E-state index contributed by atoms with van der Waals surface area (Å²) in [6, 6.07) is 9.59. The number of hydrogen-bond acceptors (Lipinski definition) is 7. The number of pyridine rings is 1. The van der Waals surface area contributed by atoms with Crippen LogP contribution < -0.4 is 10.1 Å². The standard InChI is InChI=1S/C18H17N5O2/c1-12-4-2-3-5-13(12)9-21-10-14(8-19)25-18-22-16-11-20-7-6-15(16)17(24)23-18/h2-8,10-11,19,21H,9H2,1H3,(H,22,23,24)/b14-10+,19-8?. The molecule has 1 aromatic carbocycles. The Balaban J connectivity index is 1.73. The van der Waals surface area contributed by atoms with Crippen LogP contribution in [0.3, 0.4) is 0 Å². The highest BCUT2D eigenvalue weighted by Gasteiger charge is 2.09. The minimum atomic E-state index is -0.195. The minimum absolute atomic E-state index is 0.0505. The van der Waals surface area contributed by atoms with Crippen molar-refractivity contribution < 1.29 is 9.84 Å². The number of fused-ring (bicyclic) bond motifs is 1. The third kappa shape index (κ3) is 3.89. The SMILES string of the molecule is Cc1ccccc1CN/C=C(\C=N)Oc1nc(O)c2ccncc2n1. The first kappa shape index (κ1) is 16.4. The fraction of sp³-hybridized carbons (Fsp3) is 0.111. The molecule has 0 spiro atoms. The number of nitrogens with zero attached hydrogens (tertiary/aromatic N) is 3. The van der Waals surface area contributed by atoms with Gasteiger partial charge < -0.3 is 20.6 Å². The highest BCUT2D eigenvalue weighted by atomic mass is 16.5. The smallest absolute Gasteiger partial charge is 0.326 e. The van der Waals surface area contributed by atoms with Crippen LogP contribution in [0.2, 0.25) is 0 Å². The summed E-state index contributed by atoms with van der Waals surface area (Å²) in [6.45, 7) is 2.63. The van der Waals surface area contributed by atoms with Gasteiger partial charge in [0, 0.05) is 18.9 Å². The highest BCUT2D eigenvalue weighted by Crippen LogP contribution is 2.23. The molecular formula is C18H17N5O2. The lowest BCUT2D eigenvalue weighted by molar-refractivity contribution is 0.394. The fourth-order valence-electron chi connectivity index (χ4n) is 2.26. The number of aromatic hydroxyl groups is 1. The Bertz CT molecular complexity index is 940. The van der Waals surface area contributed by atoms with E-state index in [0.29, 0.717) is 17.4 Å². The monoisotopic (exact) mass is 335 g/mol. The van der Waals surface area contributed by atoms with Crippen molar-refractivity contribution in [2.45, 2.75) is 13.5 Å². The number of aryl methyl sites for hydroxylation is 1. The van der Waals surface area contributed by atoms with Crippen molar-refractivity contribution in [2.75, 3.05) is 0 Å². The molecule has 0 aliphatic carbocycles. The third-order valence-electron chi connectivity index (χ3n) is 3.61. The van der Waals surface area contributed by atoms with Gasteiger partial charge in [0.1, 0.15) is 0 Å². The largest absolute Gasteiger partial charge is 0.493 e. The van der Waals surface area contributed by atoms with Gasteiger partial charge in [-0.05, 0) is 24.1 Å².